The van der Waals surface area contributed by atoms with Crippen molar-refractivity contribution in [3.05, 3.63) is 52.9 Å². The van der Waals surface area contributed by atoms with E-state index in [2.05, 4.69) is 5.32 Å². The molecule has 1 N–H and O–H groups in total. The number of fused-ring (bicyclic) bond motifs is 1. The summed E-state index contributed by atoms with van der Waals surface area (Å²) < 4.78 is 34.1. The third-order valence-corrected chi connectivity index (χ3v) is 8.91. The number of ether oxygens (including phenoxy) is 1. The lowest BCUT2D eigenvalue weighted by Gasteiger charge is -2.22. The normalized spacial score (nSPS) is 15.0. The quantitative estimate of drug-likeness (QED) is 0.541. The van der Waals surface area contributed by atoms with Crippen molar-refractivity contribution in [1.29, 1.82) is 0 Å². The highest BCUT2D eigenvalue weighted by Gasteiger charge is 2.26. The summed E-state index contributed by atoms with van der Waals surface area (Å²) in [6.45, 7) is 1.84. The van der Waals surface area contributed by atoms with Crippen LogP contribution < -0.4 is 14.4 Å². The van der Waals surface area contributed by atoms with Gasteiger partial charge in [-0.25, -0.2) is 8.42 Å². The number of nitrogens with zero attached hydrogens (tertiary/aromatic N) is 1. The molecule has 1 fully saturated rings. The summed E-state index contributed by atoms with van der Waals surface area (Å²) in [6.07, 6.45) is 5.63. The lowest BCUT2D eigenvalue weighted by atomic mass is 9.95. The molecule has 2 aromatic carbocycles. The fourth-order valence-electron chi connectivity index (χ4n) is 4.11. The summed E-state index contributed by atoms with van der Waals surface area (Å²) in [5.41, 5.74) is 1.36. The van der Waals surface area contributed by atoms with Crippen LogP contribution in [0.25, 0.3) is 10.1 Å². The number of sulfonamides is 1. The summed E-state index contributed by atoms with van der Waals surface area (Å²) >= 11 is 1.43. The van der Waals surface area contributed by atoms with Crippen molar-refractivity contribution in [2.24, 2.45) is 0 Å². The van der Waals surface area contributed by atoms with E-state index in [-0.39, 0.29) is 16.8 Å². The summed E-state index contributed by atoms with van der Waals surface area (Å²) in [6, 6.07) is 12.6. The van der Waals surface area contributed by atoms with E-state index >= 15 is 0 Å². The maximum Gasteiger partial charge on any atom is 0.267 e. The zero-order valence-corrected chi connectivity index (χ0v) is 20.2. The molecule has 0 atom stereocenters. The number of carbonyl (C=O) groups excluding carboxylic acids is 1. The Labute approximate surface area is 193 Å². The molecule has 32 heavy (non-hydrogen) atoms. The largest absolute Gasteiger partial charge is 0.495 e. The number of methoxy groups -OCH3 is 1. The van der Waals surface area contributed by atoms with Gasteiger partial charge in [0, 0.05) is 17.8 Å². The molecule has 170 valence electrons. The number of hydrogen-bond acceptors (Lipinski definition) is 5. The number of carbonyl (C=O) groups is 1. The first-order chi connectivity index (χ1) is 15.3. The van der Waals surface area contributed by atoms with Crippen molar-refractivity contribution >= 4 is 43.0 Å². The van der Waals surface area contributed by atoms with Gasteiger partial charge in [0.05, 0.1) is 17.7 Å². The molecule has 6 nitrogen and oxygen atoms in total. The summed E-state index contributed by atoms with van der Waals surface area (Å²) in [4.78, 5) is 13.5. The Morgan fingerprint density at radius 1 is 1.09 bits per heavy atom. The van der Waals surface area contributed by atoms with Gasteiger partial charge in [0.15, 0.2) is 0 Å². The minimum absolute atomic E-state index is 0.0508. The molecule has 0 saturated heterocycles. The van der Waals surface area contributed by atoms with Gasteiger partial charge in [-0.3, -0.25) is 9.10 Å². The van der Waals surface area contributed by atoms with Gasteiger partial charge in [0.2, 0.25) is 0 Å². The Morgan fingerprint density at radius 3 is 2.56 bits per heavy atom. The van der Waals surface area contributed by atoms with Gasteiger partial charge in [-0.2, -0.15) is 0 Å². The molecule has 8 heteroatoms. The molecule has 1 aliphatic rings. The minimum atomic E-state index is -3.82. The van der Waals surface area contributed by atoms with Crippen LogP contribution in [-0.4, -0.2) is 34.5 Å². The highest BCUT2D eigenvalue weighted by molar-refractivity contribution is 7.93. The van der Waals surface area contributed by atoms with Crippen molar-refractivity contribution < 1.29 is 17.9 Å². The Balaban J connectivity index is 1.61. The molecule has 0 bridgehead atoms. The second-order valence-corrected chi connectivity index (χ2v) is 11.3. The van der Waals surface area contributed by atoms with Crippen LogP contribution >= 0.6 is 11.3 Å². The maximum absolute atomic E-state index is 13.3. The fourth-order valence-corrected chi connectivity index (χ4v) is 6.49. The number of hydrogen-bond donors (Lipinski definition) is 1. The number of amides is 1. The molecule has 0 radical (unpaired) electrons. The van der Waals surface area contributed by atoms with Crippen molar-refractivity contribution in [2.75, 3.05) is 18.5 Å². The molecule has 0 unspecified atom stereocenters. The molecule has 4 rings (SSSR count). The third-order valence-electron chi connectivity index (χ3n) is 5.99. The molecule has 1 aliphatic carbocycles. The van der Waals surface area contributed by atoms with Gasteiger partial charge in [0.1, 0.15) is 10.6 Å². The second kappa shape index (κ2) is 9.11. The van der Waals surface area contributed by atoms with Crippen LogP contribution in [0.3, 0.4) is 0 Å². The topological polar surface area (TPSA) is 75.7 Å². The van der Waals surface area contributed by atoms with E-state index in [1.165, 1.54) is 36.2 Å². The first kappa shape index (κ1) is 22.6. The van der Waals surface area contributed by atoms with Gasteiger partial charge in [-0.15, -0.1) is 11.3 Å². The van der Waals surface area contributed by atoms with E-state index < -0.39 is 10.0 Å². The highest BCUT2D eigenvalue weighted by Crippen LogP contribution is 2.33. The SMILES string of the molecule is COc1ccc(C)cc1S(=O)(=O)N(C)c1ccc2sc(C(=O)NC3CCCCC3)cc2c1. The standard InChI is InChI=1S/C24H28N2O4S2/c1-16-9-11-20(30-3)23(13-16)32(28,29)26(2)19-10-12-21-17(14-19)15-22(31-21)24(27)25-18-7-5-4-6-8-18/h9-15,18H,4-8H2,1-3H3,(H,25,27). The number of rotatable bonds is 6. The predicted molar refractivity (Wildman–Crippen MR) is 129 cm³/mol. The lowest BCUT2D eigenvalue weighted by Crippen LogP contribution is -2.35. The van der Waals surface area contributed by atoms with Crippen LogP contribution in [0.5, 0.6) is 5.75 Å². The van der Waals surface area contributed by atoms with Crippen LogP contribution in [0, 0.1) is 6.92 Å². The van der Waals surface area contributed by atoms with Gasteiger partial charge in [0.25, 0.3) is 15.9 Å². The minimum Gasteiger partial charge on any atom is -0.495 e. The first-order valence-corrected chi connectivity index (χ1v) is 13.0. The Morgan fingerprint density at radius 2 is 1.84 bits per heavy atom. The predicted octanol–water partition coefficient (Wildman–Crippen LogP) is 5.11. The maximum atomic E-state index is 13.3. The highest BCUT2D eigenvalue weighted by atomic mass is 32.2. The van der Waals surface area contributed by atoms with E-state index in [1.807, 2.05) is 31.2 Å². The zero-order chi connectivity index (χ0) is 22.9. The van der Waals surface area contributed by atoms with Crippen LogP contribution in [-0.2, 0) is 10.0 Å². The van der Waals surface area contributed by atoms with Gasteiger partial charge in [-0.1, -0.05) is 25.3 Å². The molecule has 0 aliphatic heterocycles. The van der Waals surface area contributed by atoms with Crippen molar-refractivity contribution in [1.82, 2.24) is 5.32 Å². The third kappa shape index (κ3) is 4.47. The molecular formula is C24H28N2O4S2. The molecule has 3 aromatic rings. The monoisotopic (exact) mass is 472 g/mol. The first-order valence-electron chi connectivity index (χ1n) is 10.8. The number of thiophene rings is 1. The Kier molecular flexibility index (Phi) is 6.44. The van der Waals surface area contributed by atoms with Crippen LogP contribution in [0.4, 0.5) is 5.69 Å². The van der Waals surface area contributed by atoms with E-state index in [0.29, 0.717) is 16.3 Å². The van der Waals surface area contributed by atoms with Crippen LogP contribution in [0.1, 0.15) is 47.3 Å². The number of nitrogens with one attached hydrogen (secondary N) is 1. The van der Waals surface area contributed by atoms with E-state index in [0.717, 1.165) is 41.3 Å². The summed E-state index contributed by atoms with van der Waals surface area (Å²) in [5.74, 6) is 0.255. The van der Waals surface area contributed by atoms with Gasteiger partial charge < -0.3 is 10.1 Å². The van der Waals surface area contributed by atoms with E-state index in [1.54, 1.807) is 18.2 Å². The summed E-state index contributed by atoms with van der Waals surface area (Å²) in [7, 11) is -0.834. The number of anilines is 1. The zero-order valence-electron chi connectivity index (χ0n) is 18.6. The van der Waals surface area contributed by atoms with E-state index in [4.69, 9.17) is 4.74 Å². The molecule has 1 aromatic heterocycles. The average Bonchev–Trinajstić information content (AvgIpc) is 3.23. The van der Waals surface area contributed by atoms with E-state index in [9.17, 15) is 13.2 Å². The number of aryl methyl sites for hydroxylation is 1. The molecular weight excluding hydrogens is 444 g/mol. The van der Waals surface area contributed by atoms with Gasteiger partial charge in [-0.05, 0) is 67.1 Å². The fraction of sp³-hybridized carbons (Fsp3) is 0.375. The Bertz CT molecular complexity index is 1240. The smallest absolute Gasteiger partial charge is 0.267 e. The molecule has 1 heterocycles. The molecule has 0 spiro atoms. The van der Waals surface area contributed by atoms with Crippen molar-refractivity contribution in [3.63, 3.8) is 0 Å². The molecule has 1 amide bonds. The van der Waals surface area contributed by atoms with Crippen LogP contribution in [0.15, 0.2) is 47.4 Å². The average molecular weight is 473 g/mol. The second-order valence-electron chi connectivity index (χ2n) is 8.27. The van der Waals surface area contributed by atoms with Gasteiger partial charge >= 0.3 is 0 Å². The van der Waals surface area contributed by atoms with Crippen LogP contribution in [0.2, 0.25) is 0 Å². The van der Waals surface area contributed by atoms with Crippen molar-refractivity contribution in [3.8, 4) is 5.75 Å². The lowest BCUT2D eigenvalue weighted by molar-refractivity contribution is 0.0932. The van der Waals surface area contributed by atoms with Crippen molar-refractivity contribution in [2.45, 2.75) is 50.0 Å². The summed E-state index contributed by atoms with van der Waals surface area (Å²) in [5, 5.41) is 4.00. The Hall–Kier alpha value is -2.58. The number of benzene rings is 2. The molecule has 1 saturated carbocycles.